The van der Waals surface area contributed by atoms with Crippen LogP contribution in [0.15, 0.2) is 218 Å². The van der Waals surface area contributed by atoms with Crippen molar-refractivity contribution in [2.75, 3.05) is 4.90 Å². The van der Waals surface area contributed by atoms with Gasteiger partial charge in [-0.15, -0.1) is 0 Å². The summed E-state index contributed by atoms with van der Waals surface area (Å²) in [5, 5.41) is 5.03. The molecule has 0 bridgehead atoms. The third-order valence-electron chi connectivity index (χ3n) is 10.6. The van der Waals surface area contributed by atoms with Gasteiger partial charge < -0.3 is 9.47 Å². The van der Waals surface area contributed by atoms with E-state index in [4.69, 9.17) is 0 Å². The van der Waals surface area contributed by atoms with Gasteiger partial charge in [0, 0.05) is 33.5 Å². The van der Waals surface area contributed by atoms with E-state index in [1.807, 2.05) is 0 Å². The van der Waals surface area contributed by atoms with Crippen molar-refractivity contribution in [2.24, 2.45) is 0 Å². The Morgan fingerprint density at radius 1 is 0.296 bits per heavy atom. The second kappa shape index (κ2) is 13.4. The topological polar surface area (TPSA) is 8.17 Å². The molecule has 254 valence electrons. The van der Waals surface area contributed by atoms with Gasteiger partial charge in [-0.25, -0.2) is 0 Å². The summed E-state index contributed by atoms with van der Waals surface area (Å²) in [6.45, 7) is 0. The van der Waals surface area contributed by atoms with Gasteiger partial charge in [0.1, 0.15) is 0 Å². The van der Waals surface area contributed by atoms with Gasteiger partial charge in [0.25, 0.3) is 0 Å². The lowest BCUT2D eigenvalue weighted by atomic mass is 9.98. The quantitative estimate of drug-likeness (QED) is 0.162. The number of benzene rings is 9. The molecule has 1 aromatic heterocycles. The van der Waals surface area contributed by atoms with Gasteiger partial charge in [0.15, 0.2) is 0 Å². The first-order valence-corrected chi connectivity index (χ1v) is 18.5. The number of para-hydroxylation sites is 2. The number of anilines is 3. The van der Waals surface area contributed by atoms with Crippen LogP contribution in [0.5, 0.6) is 0 Å². The van der Waals surface area contributed by atoms with Crippen LogP contribution in [0.25, 0.3) is 71.6 Å². The maximum atomic E-state index is 2.39. The number of hydrogen-bond donors (Lipinski definition) is 0. The minimum absolute atomic E-state index is 1.11. The lowest BCUT2D eigenvalue weighted by Crippen LogP contribution is -2.09. The predicted octanol–water partition coefficient (Wildman–Crippen LogP) is 14.4. The molecule has 2 heteroatoms. The van der Waals surface area contributed by atoms with E-state index in [1.165, 1.54) is 66.0 Å². The Bertz CT molecular complexity index is 2880. The van der Waals surface area contributed by atoms with Gasteiger partial charge in [-0.1, -0.05) is 152 Å². The monoisotopic (exact) mass is 688 g/mol. The van der Waals surface area contributed by atoms with Crippen LogP contribution in [0.2, 0.25) is 0 Å². The summed E-state index contributed by atoms with van der Waals surface area (Å²) in [6, 6.07) is 78.7. The van der Waals surface area contributed by atoms with Crippen LogP contribution in [-0.2, 0) is 0 Å². The molecule has 0 aliphatic heterocycles. The van der Waals surface area contributed by atoms with Crippen LogP contribution in [0.3, 0.4) is 0 Å². The van der Waals surface area contributed by atoms with Gasteiger partial charge in [-0.2, -0.15) is 0 Å². The maximum absolute atomic E-state index is 2.39. The number of rotatable bonds is 7. The molecule has 0 aliphatic rings. The molecular weight excluding hydrogens is 653 g/mol. The van der Waals surface area contributed by atoms with Crippen LogP contribution in [0.1, 0.15) is 0 Å². The highest BCUT2D eigenvalue weighted by atomic mass is 15.1. The van der Waals surface area contributed by atoms with E-state index in [1.54, 1.807) is 0 Å². The smallest absolute Gasteiger partial charge is 0.0541 e. The van der Waals surface area contributed by atoms with Crippen molar-refractivity contribution in [2.45, 2.75) is 0 Å². The van der Waals surface area contributed by atoms with Crippen LogP contribution in [0, 0.1) is 0 Å². The first-order valence-electron chi connectivity index (χ1n) is 18.5. The van der Waals surface area contributed by atoms with E-state index in [0.717, 1.165) is 22.7 Å². The van der Waals surface area contributed by atoms with Gasteiger partial charge in [-0.3, -0.25) is 0 Å². The third kappa shape index (κ3) is 5.62. The van der Waals surface area contributed by atoms with Crippen molar-refractivity contribution in [3.05, 3.63) is 218 Å². The summed E-state index contributed by atoms with van der Waals surface area (Å²) in [7, 11) is 0. The molecule has 0 N–H and O–H groups in total. The Kier molecular flexibility index (Phi) is 7.85. The summed E-state index contributed by atoms with van der Waals surface area (Å²) in [6.07, 6.45) is 0. The van der Waals surface area contributed by atoms with Crippen molar-refractivity contribution in [1.29, 1.82) is 0 Å². The van der Waals surface area contributed by atoms with Crippen molar-refractivity contribution >= 4 is 49.6 Å². The van der Waals surface area contributed by atoms with Gasteiger partial charge in [0.05, 0.1) is 11.0 Å². The molecule has 0 unspecified atom stereocenters. The molecular formula is C52H36N2. The first-order chi connectivity index (χ1) is 26.8. The molecule has 0 saturated carbocycles. The fraction of sp³-hybridized carbons (Fsp3) is 0. The van der Waals surface area contributed by atoms with Crippen LogP contribution in [-0.4, -0.2) is 4.57 Å². The van der Waals surface area contributed by atoms with Gasteiger partial charge >= 0.3 is 0 Å². The summed E-state index contributed by atoms with van der Waals surface area (Å²) in [4.78, 5) is 2.32. The molecule has 2 nitrogen and oxygen atoms in total. The SMILES string of the molecule is c1ccc(-c2ccc(N(c3ccccc3)c3ccc(-c4ccc5c(c4)c4ccccc4n5-c4ccc(-c5cccc6ccccc56)cc4)cc3)cc2)cc1. The molecule has 10 aromatic rings. The molecule has 1 heterocycles. The van der Waals surface area contributed by atoms with Crippen LogP contribution < -0.4 is 4.90 Å². The zero-order valence-corrected chi connectivity index (χ0v) is 29.7. The molecule has 0 spiro atoms. The van der Waals surface area contributed by atoms with Crippen LogP contribution in [0.4, 0.5) is 17.1 Å². The molecule has 10 rings (SSSR count). The molecule has 54 heavy (non-hydrogen) atoms. The Balaban J connectivity index is 1.000. The van der Waals surface area contributed by atoms with E-state index in [2.05, 4.69) is 228 Å². The second-order valence-corrected chi connectivity index (χ2v) is 13.8. The lowest BCUT2D eigenvalue weighted by Gasteiger charge is -2.26. The van der Waals surface area contributed by atoms with E-state index < -0.39 is 0 Å². The van der Waals surface area contributed by atoms with Crippen molar-refractivity contribution in [3.8, 4) is 39.1 Å². The standard InChI is InChI=1S/C52H36N2/c1-3-12-37(13-4-1)38-22-29-44(30-23-38)53(43-16-5-2-6-17-43)45-31-24-39(25-32-45)42-28-35-52-50(36-42)49-19-9-10-21-51(49)54(52)46-33-26-41(27-34-46)48-20-11-15-40-14-7-8-18-47(40)48/h1-36H. The summed E-state index contributed by atoms with van der Waals surface area (Å²) in [5.41, 5.74) is 14.2. The maximum Gasteiger partial charge on any atom is 0.0541 e. The zero-order valence-electron chi connectivity index (χ0n) is 29.7. The normalized spacial score (nSPS) is 11.3. The summed E-state index contributed by atoms with van der Waals surface area (Å²) in [5.74, 6) is 0. The molecule has 0 amide bonds. The van der Waals surface area contributed by atoms with E-state index in [9.17, 15) is 0 Å². The molecule has 0 fully saturated rings. The number of fused-ring (bicyclic) bond motifs is 4. The fourth-order valence-corrected chi connectivity index (χ4v) is 7.96. The fourth-order valence-electron chi connectivity index (χ4n) is 7.96. The molecule has 0 aliphatic carbocycles. The highest BCUT2D eigenvalue weighted by Crippen LogP contribution is 2.39. The van der Waals surface area contributed by atoms with Gasteiger partial charge in [0.2, 0.25) is 0 Å². The lowest BCUT2D eigenvalue weighted by molar-refractivity contribution is 1.18. The summed E-state index contributed by atoms with van der Waals surface area (Å²) >= 11 is 0. The Morgan fingerprint density at radius 3 is 1.52 bits per heavy atom. The Hall–Kier alpha value is -7.16. The highest BCUT2D eigenvalue weighted by molar-refractivity contribution is 6.10. The number of hydrogen-bond acceptors (Lipinski definition) is 1. The van der Waals surface area contributed by atoms with Crippen molar-refractivity contribution < 1.29 is 0 Å². The van der Waals surface area contributed by atoms with E-state index >= 15 is 0 Å². The Labute approximate surface area is 315 Å². The molecule has 0 atom stereocenters. The van der Waals surface area contributed by atoms with Crippen molar-refractivity contribution in [1.82, 2.24) is 4.57 Å². The zero-order chi connectivity index (χ0) is 35.8. The van der Waals surface area contributed by atoms with Crippen LogP contribution >= 0.6 is 0 Å². The minimum Gasteiger partial charge on any atom is -0.311 e. The average Bonchev–Trinajstić information content (AvgIpc) is 3.58. The van der Waals surface area contributed by atoms with Gasteiger partial charge in [-0.05, 0) is 111 Å². The number of nitrogens with zero attached hydrogens (tertiary/aromatic N) is 2. The largest absolute Gasteiger partial charge is 0.311 e. The third-order valence-corrected chi connectivity index (χ3v) is 10.6. The van der Waals surface area contributed by atoms with E-state index in [0.29, 0.717) is 0 Å². The molecule has 9 aromatic carbocycles. The highest BCUT2D eigenvalue weighted by Gasteiger charge is 2.16. The first kappa shape index (κ1) is 31.6. The predicted molar refractivity (Wildman–Crippen MR) is 229 cm³/mol. The molecule has 0 saturated heterocycles. The van der Waals surface area contributed by atoms with E-state index in [-0.39, 0.29) is 0 Å². The summed E-state index contributed by atoms with van der Waals surface area (Å²) < 4.78 is 2.39. The second-order valence-electron chi connectivity index (χ2n) is 13.8. The Morgan fingerprint density at radius 2 is 0.796 bits per heavy atom. The van der Waals surface area contributed by atoms with Crippen molar-refractivity contribution in [3.63, 3.8) is 0 Å². The average molecular weight is 689 g/mol. The molecule has 0 radical (unpaired) electrons. The minimum atomic E-state index is 1.11. The number of aromatic nitrogens is 1.